The summed E-state index contributed by atoms with van der Waals surface area (Å²) in [5.74, 6) is 3.05. The first kappa shape index (κ1) is 31.1. The van der Waals surface area contributed by atoms with Crippen molar-refractivity contribution in [2.45, 2.75) is 119 Å². The van der Waals surface area contributed by atoms with Gasteiger partial charge in [-0.3, -0.25) is 0 Å². The van der Waals surface area contributed by atoms with Gasteiger partial charge in [-0.05, 0) is 117 Å². The Morgan fingerprint density at radius 2 is 1.60 bits per heavy atom. The molecule has 230 valence electrons. The fraction of sp³-hybridized carbons (Fsp3) is 0.833. The minimum Gasteiger partial charge on any atom is -0.395 e. The van der Waals surface area contributed by atoms with E-state index in [0.717, 1.165) is 6.42 Å². The van der Waals surface area contributed by atoms with E-state index in [-0.39, 0.29) is 21.7 Å². The van der Waals surface area contributed by atoms with E-state index in [1.54, 1.807) is 0 Å². The minimum atomic E-state index is -0.00104. The summed E-state index contributed by atoms with van der Waals surface area (Å²) in [6.07, 6.45) is 15.0. The molecule has 0 aromatic carbocycles. The number of rotatable bonds is 8. The maximum Gasteiger partial charge on any atom is 0.130 e. The third-order valence-corrected chi connectivity index (χ3v) is 14.1. The quantitative estimate of drug-likeness (QED) is 0.125. The van der Waals surface area contributed by atoms with Crippen molar-refractivity contribution in [1.82, 2.24) is 0 Å². The van der Waals surface area contributed by atoms with Crippen molar-refractivity contribution in [3.63, 3.8) is 0 Å². The first-order chi connectivity index (χ1) is 19.9. The van der Waals surface area contributed by atoms with Gasteiger partial charge in [0.05, 0.1) is 36.9 Å². The second-order valence-corrected chi connectivity index (χ2v) is 15.9. The molecule has 0 amide bonds. The van der Waals surface area contributed by atoms with Crippen molar-refractivity contribution in [2.24, 2.45) is 67.0 Å². The van der Waals surface area contributed by atoms with Crippen LogP contribution in [0.2, 0.25) is 0 Å². The molecule has 0 aromatic rings. The van der Waals surface area contributed by atoms with E-state index in [0.29, 0.717) is 61.1 Å². The summed E-state index contributed by atoms with van der Waals surface area (Å²) in [5.41, 5.74) is 3.47. The summed E-state index contributed by atoms with van der Waals surface area (Å²) in [6, 6.07) is 4.31. The Morgan fingerprint density at radius 3 is 2.29 bits per heavy atom. The number of nitriles is 2. The molecule has 5 aliphatic rings. The van der Waals surface area contributed by atoms with Gasteiger partial charge in [-0.25, -0.2) is 0 Å². The van der Waals surface area contributed by atoms with Crippen LogP contribution in [0.25, 0.3) is 0 Å². The van der Waals surface area contributed by atoms with Crippen molar-refractivity contribution in [3.8, 4) is 12.1 Å². The van der Waals surface area contributed by atoms with Gasteiger partial charge in [0.25, 0.3) is 0 Å². The molecule has 5 saturated carbocycles. The summed E-state index contributed by atoms with van der Waals surface area (Å²) in [6.45, 7) is 20.3. The standard InChI is InChI=1S/C36H54N4O2/c1-25(2)26-12-17-36(24-39-41-22-8-20-37)19-18-34(6)27(31(26)36)10-11-29-33(5)15-14-30(40-42-23-9-21-38)32(3,4)28(33)13-16-35(29,34)7/h24,26-29,31H,1,8-19,22-23H2,2-7H3/b39-24+,40-30+/t26-,27+,28-,29+,31+,33-,34+,35+,36+/m0/s1. The number of fused-ring (bicyclic) bond motifs is 7. The zero-order valence-electron chi connectivity index (χ0n) is 27.2. The van der Waals surface area contributed by atoms with Crippen LogP contribution in [0.15, 0.2) is 22.5 Å². The molecule has 0 spiro atoms. The van der Waals surface area contributed by atoms with E-state index in [4.69, 9.17) is 20.2 Å². The zero-order valence-corrected chi connectivity index (χ0v) is 27.2. The van der Waals surface area contributed by atoms with E-state index in [1.165, 1.54) is 69.1 Å². The van der Waals surface area contributed by atoms with Crippen LogP contribution in [-0.2, 0) is 9.68 Å². The SMILES string of the molecule is C=C(C)[C@@H]1CC[C@]2(/C=N/OCCC#N)CC[C@]3(C)[C@H](CC[C@@H]4[C@@]5(C)CC/C(=N\OCCC#N)C(C)(C)[C@@H]5CC[C@]43C)[C@@H]12. The monoisotopic (exact) mass is 574 g/mol. The van der Waals surface area contributed by atoms with Gasteiger partial charge >= 0.3 is 0 Å². The lowest BCUT2D eigenvalue weighted by Gasteiger charge is -2.72. The van der Waals surface area contributed by atoms with Gasteiger partial charge in [0.2, 0.25) is 0 Å². The lowest BCUT2D eigenvalue weighted by atomic mass is 9.32. The zero-order chi connectivity index (χ0) is 30.4. The minimum absolute atomic E-state index is 0.00104. The van der Waals surface area contributed by atoms with Crippen LogP contribution in [0.3, 0.4) is 0 Å². The molecule has 0 heterocycles. The molecule has 6 nitrogen and oxygen atoms in total. The maximum absolute atomic E-state index is 8.91. The number of allylic oxidation sites excluding steroid dienone is 1. The summed E-state index contributed by atoms with van der Waals surface area (Å²) in [7, 11) is 0. The highest BCUT2D eigenvalue weighted by atomic mass is 16.6. The third kappa shape index (κ3) is 4.62. The predicted molar refractivity (Wildman–Crippen MR) is 167 cm³/mol. The number of hydrogen-bond acceptors (Lipinski definition) is 6. The Kier molecular flexibility index (Phi) is 8.37. The fourth-order valence-corrected chi connectivity index (χ4v) is 11.9. The van der Waals surface area contributed by atoms with Gasteiger partial charge in [-0.15, -0.1) is 0 Å². The molecular weight excluding hydrogens is 520 g/mol. The Balaban J connectivity index is 1.44. The van der Waals surface area contributed by atoms with Crippen molar-refractivity contribution < 1.29 is 9.68 Å². The summed E-state index contributed by atoms with van der Waals surface area (Å²) in [4.78, 5) is 11.2. The first-order valence-corrected chi connectivity index (χ1v) is 16.7. The molecule has 42 heavy (non-hydrogen) atoms. The van der Waals surface area contributed by atoms with Gasteiger partial charge in [-0.1, -0.05) is 57.1 Å². The van der Waals surface area contributed by atoms with E-state index in [2.05, 4.69) is 76.8 Å². The number of hydrogen-bond donors (Lipinski definition) is 0. The molecule has 0 bridgehead atoms. The highest BCUT2D eigenvalue weighted by molar-refractivity contribution is 5.90. The average Bonchev–Trinajstić information content (AvgIpc) is 3.32. The highest BCUT2D eigenvalue weighted by Crippen LogP contribution is 2.77. The summed E-state index contributed by atoms with van der Waals surface area (Å²) in [5, 5.41) is 26.9. The van der Waals surface area contributed by atoms with Crippen LogP contribution in [0.4, 0.5) is 0 Å². The third-order valence-electron chi connectivity index (χ3n) is 14.1. The van der Waals surface area contributed by atoms with Gasteiger partial charge in [0.15, 0.2) is 0 Å². The van der Waals surface area contributed by atoms with Gasteiger partial charge in [0, 0.05) is 10.8 Å². The fourth-order valence-electron chi connectivity index (χ4n) is 11.9. The Hall–Kier alpha value is -2.34. The molecule has 9 atom stereocenters. The lowest BCUT2D eigenvalue weighted by Crippen LogP contribution is -2.66. The molecule has 0 aromatic heterocycles. The van der Waals surface area contributed by atoms with Gasteiger partial charge < -0.3 is 9.68 Å². The molecule has 0 aliphatic heterocycles. The van der Waals surface area contributed by atoms with Crippen molar-refractivity contribution >= 4 is 11.9 Å². The van der Waals surface area contributed by atoms with E-state index < -0.39 is 0 Å². The molecule has 0 saturated heterocycles. The molecule has 0 radical (unpaired) electrons. The molecule has 5 fully saturated rings. The Labute approximate surface area is 255 Å². The maximum atomic E-state index is 8.91. The molecule has 5 aliphatic carbocycles. The van der Waals surface area contributed by atoms with Crippen molar-refractivity contribution in [1.29, 1.82) is 10.5 Å². The second kappa shape index (κ2) is 11.3. The molecular formula is C36H54N4O2. The number of nitrogens with zero attached hydrogens (tertiary/aromatic N) is 4. The second-order valence-electron chi connectivity index (χ2n) is 15.9. The van der Waals surface area contributed by atoms with Crippen LogP contribution < -0.4 is 0 Å². The van der Waals surface area contributed by atoms with Crippen LogP contribution in [0.1, 0.15) is 119 Å². The normalized spacial score (nSPS) is 44.7. The molecule has 6 heteroatoms. The van der Waals surface area contributed by atoms with Crippen LogP contribution in [-0.4, -0.2) is 25.1 Å². The average molecular weight is 575 g/mol. The van der Waals surface area contributed by atoms with E-state index in [1.807, 2.05) is 0 Å². The first-order valence-electron chi connectivity index (χ1n) is 16.7. The molecule has 0 N–H and O–H groups in total. The van der Waals surface area contributed by atoms with Gasteiger partial charge in [-0.2, -0.15) is 10.5 Å². The van der Waals surface area contributed by atoms with Gasteiger partial charge in [0.1, 0.15) is 13.2 Å². The Bertz CT molecular complexity index is 1190. The summed E-state index contributed by atoms with van der Waals surface area (Å²) < 4.78 is 0. The lowest BCUT2D eigenvalue weighted by molar-refractivity contribution is -0.222. The highest BCUT2D eigenvalue weighted by Gasteiger charge is 2.70. The van der Waals surface area contributed by atoms with E-state index in [9.17, 15) is 0 Å². The van der Waals surface area contributed by atoms with Crippen molar-refractivity contribution in [3.05, 3.63) is 12.2 Å². The largest absolute Gasteiger partial charge is 0.395 e. The Morgan fingerprint density at radius 1 is 0.881 bits per heavy atom. The van der Waals surface area contributed by atoms with E-state index >= 15 is 0 Å². The summed E-state index contributed by atoms with van der Waals surface area (Å²) >= 11 is 0. The van der Waals surface area contributed by atoms with Crippen LogP contribution in [0.5, 0.6) is 0 Å². The predicted octanol–water partition coefficient (Wildman–Crippen LogP) is 8.85. The number of oxime groups is 2. The van der Waals surface area contributed by atoms with Crippen LogP contribution >= 0.6 is 0 Å². The van der Waals surface area contributed by atoms with Crippen molar-refractivity contribution in [2.75, 3.05) is 13.2 Å². The molecule has 5 rings (SSSR count). The molecule has 0 unspecified atom stereocenters. The smallest absolute Gasteiger partial charge is 0.130 e. The topological polar surface area (TPSA) is 90.8 Å². The van der Waals surface area contributed by atoms with Crippen LogP contribution in [0, 0.1) is 79.3 Å².